The molecule has 2 heteroatoms. The summed E-state index contributed by atoms with van der Waals surface area (Å²) in [5, 5.41) is 3.52. The molecule has 0 atom stereocenters. The summed E-state index contributed by atoms with van der Waals surface area (Å²) in [6, 6.07) is 8.52. The average Bonchev–Trinajstić information content (AvgIpc) is 2.84. The highest BCUT2D eigenvalue weighted by Crippen LogP contribution is 2.27. The Bertz CT molecular complexity index is 331. The Kier molecular flexibility index (Phi) is 5.24. The molecule has 2 rings (SSSR count). The standard InChI is InChI=1S/C15H23NS/c1-13-6-2-5-9-15(13)16-10-11-17-12-14-7-3-4-8-14/h2,5-6,9,14,16H,3-4,7-8,10-12H2,1H3. The van der Waals surface area contributed by atoms with Crippen LogP contribution in [0.1, 0.15) is 31.2 Å². The minimum Gasteiger partial charge on any atom is -0.384 e. The summed E-state index contributed by atoms with van der Waals surface area (Å²) in [5.41, 5.74) is 2.63. The maximum Gasteiger partial charge on any atom is 0.0370 e. The number of benzene rings is 1. The molecule has 0 bridgehead atoms. The molecule has 1 aliphatic carbocycles. The van der Waals surface area contributed by atoms with Crippen molar-refractivity contribution in [2.45, 2.75) is 32.6 Å². The molecule has 94 valence electrons. The maximum absolute atomic E-state index is 3.52. The summed E-state index contributed by atoms with van der Waals surface area (Å²) in [7, 11) is 0. The molecule has 17 heavy (non-hydrogen) atoms. The Labute approximate surface area is 109 Å². The van der Waals surface area contributed by atoms with Crippen LogP contribution in [0.3, 0.4) is 0 Å². The molecule has 1 nitrogen and oxygen atoms in total. The summed E-state index contributed by atoms with van der Waals surface area (Å²) < 4.78 is 0. The van der Waals surface area contributed by atoms with Crippen LogP contribution in [0.15, 0.2) is 24.3 Å². The van der Waals surface area contributed by atoms with E-state index in [0.29, 0.717) is 0 Å². The lowest BCUT2D eigenvalue weighted by molar-refractivity contribution is 0.623. The molecule has 1 fully saturated rings. The number of nitrogens with one attached hydrogen (secondary N) is 1. The highest BCUT2D eigenvalue weighted by molar-refractivity contribution is 7.99. The predicted molar refractivity (Wildman–Crippen MR) is 79.0 cm³/mol. The second kappa shape index (κ2) is 6.95. The summed E-state index contributed by atoms with van der Waals surface area (Å²) in [5.74, 6) is 3.61. The van der Waals surface area contributed by atoms with Crippen LogP contribution in [0.5, 0.6) is 0 Å². The van der Waals surface area contributed by atoms with Crippen molar-refractivity contribution in [1.82, 2.24) is 0 Å². The van der Waals surface area contributed by atoms with Crippen LogP contribution < -0.4 is 5.32 Å². The van der Waals surface area contributed by atoms with E-state index in [0.717, 1.165) is 12.5 Å². The summed E-state index contributed by atoms with van der Waals surface area (Å²) in [6.07, 6.45) is 5.87. The molecule has 1 saturated carbocycles. The number of rotatable bonds is 6. The van der Waals surface area contributed by atoms with E-state index < -0.39 is 0 Å². The van der Waals surface area contributed by atoms with Crippen LogP contribution in [0.4, 0.5) is 5.69 Å². The lowest BCUT2D eigenvalue weighted by Gasteiger charge is -2.10. The van der Waals surface area contributed by atoms with Crippen LogP contribution in [0.25, 0.3) is 0 Å². The van der Waals surface area contributed by atoms with Crippen molar-refractivity contribution in [1.29, 1.82) is 0 Å². The minimum absolute atomic E-state index is 1.01. The van der Waals surface area contributed by atoms with Crippen LogP contribution in [0, 0.1) is 12.8 Å². The van der Waals surface area contributed by atoms with Gasteiger partial charge in [0.25, 0.3) is 0 Å². The van der Waals surface area contributed by atoms with Gasteiger partial charge in [-0.15, -0.1) is 0 Å². The van der Waals surface area contributed by atoms with Gasteiger partial charge in [0.15, 0.2) is 0 Å². The second-order valence-corrected chi connectivity index (χ2v) is 6.12. The first kappa shape index (κ1) is 12.8. The third-order valence-corrected chi connectivity index (χ3v) is 4.74. The van der Waals surface area contributed by atoms with E-state index in [-0.39, 0.29) is 0 Å². The van der Waals surface area contributed by atoms with Crippen molar-refractivity contribution < 1.29 is 0 Å². The Morgan fingerprint density at radius 2 is 2.00 bits per heavy atom. The number of aryl methyl sites for hydroxylation is 1. The Morgan fingerprint density at radius 3 is 2.76 bits per heavy atom. The van der Waals surface area contributed by atoms with Crippen LogP contribution in [-0.2, 0) is 0 Å². The van der Waals surface area contributed by atoms with E-state index in [2.05, 4.69) is 48.3 Å². The van der Waals surface area contributed by atoms with Gasteiger partial charge < -0.3 is 5.32 Å². The van der Waals surface area contributed by atoms with Crippen molar-refractivity contribution in [3.05, 3.63) is 29.8 Å². The van der Waals surface area contributed by atoms with E-state index in [4.69, 9.17) is 0 Å². The van der Waals surface area contributed by atoms with Gasteiger partial charge in [-0.25, -0.2) is 0 Å². The third kappa shape index (κ3) is 4.27. The molecule has 0 aliphatic heterocycles. The fourth-order valence-corrected chi connectivity index (χ4v) is 3.54. The second-order valence-electron chi connectivity index (χ2n) is 4.97. The molecule has 0 heterocycles. The molecule has 0 aromatic heterocycles. The largest absolute Gasteiger partial charge is 0.384 e. The van der Waals surface area contributed by atoms with Gasteiger partial charge in [-0.2, -0.15) is 11.8 Å². The highest BCUT2D eigenvalue weighted by atomic mass is 32.2. The number of thioether (sulfide) groups is 1. The highest BCUT2D eigenvalue weighted by Gasteiger charge is 2.14. The topological polar surface area (TPSA) is 12.0 Å². The Balaban J connectivity index is 1.58. The van der Waals surface area contributed by atoms with Crippen molar-refractivity contribution in [2.75, 3.05) is 23.4 Å². The molecule has 0 spiro atoms. The zero-order chi connectivity index (χ0) is 11.9. The van der Waals surface area contributed by atoms with Crippen molar-refractivity contribution >= 4 is 17.4 Å². The lowest BCUT2D eigenvalue weighted by Crippen LogP contribution is -2.07. The first-order chi connectivity index (χ1) is 8.36. The monoisotopic (exact) mass is 249 g/mol. The molecule has 0 unspecified atom stereocenters. The van der Waals surface area contributed by atoms with Gasteiger partial charge >= 0.3 is 0 Å². The normalized spacial score (nSPS) is 16.3. The van der Waals surface area contributed by atoms with E-state index in [1.807, 2.05) is 0 Å². The summed E-state index contributed by atoms with van der Waals surface area (Å²) >= 11 is 2.11. The number of para-hydroxylation sites is 1. The fourth-order valence-electron chi connectivity index (χ4n) is 2.46. The van der Waals surface area contributed by atoms with Crippen LogP contribution in [-0.4, -0.2) is 18.1 Å². The zero-order valence-corrected chi connectivity index (χ0v) is 11.6. The molecule has 1 aromatic carbocycles. The molecule has 1 aliphatic rings. The number of hydrogen-bond donors (Lipinski definition) is 1. The first-order valence-corrected chi connectivity index (χ1v) is 7.89. The summed E-state index contributed by atoms with van der Waals surface area (Å²) in [4.78, 5) is 0. The smallest absolute Gasteiger partial charge is 0.0370 e. The minimum atomic E-state index is 1.01. The maximum atomic E-state index is 3.52. The van der Waals surface area contributed by atoms with Crippen LogP contribution >= 0.6 is 11.8 Å². The van der Waals surface area contributed by atoms with E-state index in [1.165, 1.54) is 48.4 Å². The van der Waals surface area contributed by atoms with Crippen molar-refractivity contribution in [3.8, 4) is 0 Å². The van der Waals surface area contributed by atoms with Gasteiger partial charge in [-0.1, -0.05) is 31.0 Å². The molecule has 0 saturated heterocycles. The van der Waals surface area contributed by atoms with Gasteiger partial charge in [-0.05, 0) is 43.1 Å². The molecule has 1 aromatic rings. The van der Waals surface area contributed by atoms with Gasteiger partial charge in [0.2, 0.25) is 0 Å². The van der Waals surface area contributed by atoms with Crippen LogP contribution in [0.2, 0.25) is 0 Å². The zero-order valence-electron chi connectivity index (χ0n) is 10.7. The number of anilines is 1. The molecule has 0 amide bonds. The lowest BCUT2D eigenvalue weighted by atomic mass is 10.1. The average molecular weight is 249 g/mol. The van der Waals surface area contributed by atoms with Crippen molar-refractivity contribution in [3.63, 3.8) is 0 Å². The predicted octanol–water partition coefficient (Wildman–Crippen LogP) is 4.33. The van der Waals surface area contributed by atoms with Gasteiger partial charge in [-0.3, -0.25) is 0 Å². The van der Waals surface area contributed by atoms with Gasteiger partial charge in [0.1, 0.15) is 0 Å². The summed E-state index contributed by atoms with van der Waals surface area (Å²) in [6.45, 7) is 3.25. The van der Waals surface area contributed by atoms with Gasteiger partial charge in [0, 0.05) is 18.0 Å². The molecular weight excluding hydrogens is 226 g/mol. The van der Waals surface area contributed by atoms with Crippen molar-refractivity contribution in [2.24, 2.45) is 5.92 Å². The van der Waals surface area contributed by atoms with E-state index in [9.17, 15) is 0 Å². The molecule has 0 radical (unpaired) electrons. The third-order valence-electron chi connectivity index (χ3n) is 3.54. The molecule has 1 N–H and O–H groups in total. The Hall–Kier alpha value is -0.630. The first-order valence-electron chi connectivity index (χ1n) is 6.73. The number of hydrogen-bond acceptors (Lipinski definition) is 2. The quantitative estimate of drug-likeness (QED) is 0.753. The van der Waals surface area contributed by atoms with E-state index >= 15 is 0 Å². The fraction of sp³-hybridized carbons (Fsp3) is 0.600. The SMILES string of the molecule is Cc1ccccc1NCCSCC1CCCC1. The van der Waals surface area contributed by atoms with Gasteiger partial charge in [0.05, 0.1) is 0 Å². The molecular formula is C15H23NS. The Morgan fingerprint density at radius 1 is 1.24 bits per heavy atom. The van der Waals surface area contributed by atoms with E-state index in [1.54, 1.807) is 0 Å².